The van der Waals surface area contributed by atoms with Gasteiger partial charge in [-0.1, -0.05) is 18.2 Å². The molecule has 1 aliphatic carbocycles. The van der Waals surface area contributed by atoms with Crippen molar-refractivity contribution < 1.29 is 0 Å². The summed E-state index contributed by atoms with van der Waals surface area (Å²) in [5, 5.41) is 6.62. The van der Waals surface area contributed by atoms with Crippen molar-refractivity contribution in [2.75, 3.05) is 17.7 Å². The Morgan fingerprint density at radius 1 is 1.05 bits per heavy atom. The molecule has 20 heavy (non-hydrogen) atoms. The highest BCUT2D eigenvalue weighted by molar-refractivity contribution is 5.66. The first-order valence-corrected chi connectivity index (χ1v) is 7.08. The van der Waals surface area contributed by atoms with Gasteiger partial charge in [0.05, 0.1) is 0 Å². The maximum absolute atomic E-state index is 4.72. The number of aryl methyl sites for hydroxylation is 1. The first kappa shape index (κ1) is 12.9. The molecule has 0 atom stereocenters. The van der Waals surface area contributed by atoms with Crippen LogP contribution in [-0.2, 0) is 0 Å². The van der Waals surface area contributed by atoms with E-state index in [4.69, 9.17) is 4.98 Å². The summed E-state index contributed by atoms with van der Waals surface area (Å²) in [5.41, 5.74) is 3.36. The molecule has 2 aromatic rings. The molecule has 1 fully saturated rings. The minimum Gasteiger partial charge on any atom is -0.373 e. The molecule has 4 nitrogen and oxygen atoms in total. The number of hydrogen-bond donors (Lipinski definition) is 2. The summed E-state index contributed by atoms with van der Waals surface area (Å²) in [5.74, 6) is 3.31. The highest BCUT2D eigenvalue weighted by Crippen LogP contribution is 2.39. The lowest BCUT2D eigenvalue weighted by molar-refractivity contribution is 0.923. The van der Waals surface area contributed by atoms with Gasteiger partial charge in [0, 0.05) is 24.2 Å². The van der Waals surface area contributed by atoms with Crippen molar-refractivity contribution in [3.8, 4) is 0 Å². The van der Waals surface area contributed by atoms with Crippen molar-refractivity contribution in [1.82, 2.24) is 9.97 Å². The average molecular weight is 268 g/mol. The summed E-state index contributed by atoms with van der Waals surface area (Å²) in [6.07, 6.45) is 2.41. The highest BCUT2D eigenvalue weighted by atomic mass is 15.1. The Labute approximate surface area is 119 Å². The van der Waals surface area contributed by atoms with Crippen LogP contribution < -0.4 is 10.6 Å². The zero-order chi connectivity index (χ0) is 14.1. The molecule has 104 valence electrons. The Kier molecular flexibility index (Phi) is 3.30. The molecular weight excluding hydrogens is 248 g/mol. The van der Waals surface area contributed by atoms with E-state index >= 15 is 0 Å². The number of nitrogens with zero attached hydrogens (tertiary/aromatic N) is 2. The molecule has 0 saturated heterocycles. The second-order valence-corrected chi connectivity index (χ2v) is 5.37. The Morgan fingerprint density at radius 2 is 1.75 bits per heavy atom. The molecule has 0 amide bonds. The van der Waals surface area contributed by atoms with Gasteiger partial charge in [0.15, 0.2) is 0 Å². The molecule has 0 aliphatic heterocycles. The van der Waals surface area contributed by atoms with Gasteiger partial charge in [-0.25, -0.2) is 9.97 Å². The summed E-state index contributed by atoms with van der Waals surface area (Å²) in [6, 6.07) is 8.25. The molecule has 1 heterocycles. The number of anilines is 3. The fourth-order valence-corrected chi connectivity index (χ4v) is 2.26. The van der Waals surface area contributed by atoms with Crippen LogP contribution in [0.15, 0.2) is 24.3 Å². The van der Waals surface area contributed by atoms with Gasteiger partial charge in [-0.15, -0.1) is 0 Å². The first-order chi connectivity index (χ1) is 9.69. The molecule has 0 spiro atoms. The van der Waals surface area contributed by atoms with Crippen LogP contribution in [0, 0.1) is 13.8 Å². The monoisotopic (exact) mass is 268 g/mol. The Hall–Kier alpha value is -2.10. The van der Waals surface area contributed by atoms with Gasteiger partial charge in [0.2, 0.25) is 0 Å². The summed E-state index contributed by atoms with van der Waals surface area (Å²) >= 11 is 0. The average Bonchev–Trinajstić information content (AvgIpc) is 3.28. The lowest BCUT2D eigenvalue weighted by Gasteiger charge is -2.14. The second-order valence-electron chi connectivity index (χ2n) is 5.37. The first-order valence-electron chi connectivity index (χ1n) is 7.08. The fourth-order valence-electron chi connectivity index (χ4n) is 2.26. The SMILES string of the molecule is CNc1nc(C2CC2)nc(Nc2ccccc2C)c1C. The van der Waals surface area contributed by atoms with Crippen LogP contribution in [0.1, 0.15) is 35.7 Å². The minimum atomic E-state index is 0.542. The molecule has 1 aromatic heterocycles. The van der Waals surface area contributed by atoms with Crippen LogP contribution in [0.4, 0.5) is 17.3 Å². The molecule has 2 N–H and O–H groups in total. The highest BCUT2D eigenvalue weighted by Gasteiger charge is 2.28. The Morgan fingerprint density at radius 3 is 2.40 bits per heavy atom. The Balaban J connectivity index is 1.99. The molecule has 0 bridgehead atoms. The van der Waals surface area contributed by atoms with E-state index in [2.05, 4.69) is 34.7 Å². The van der Waals surface area contributed by atoms with Gasteiger partial charge in [0.25, 0.3) is 0 Å². The number of benzene rings is 1. The van der Waals surface area contributed by atoms with E-state index in [1.54, 1.807) is 0 Å². The van der Waals surface area contributed by atoms with Crippen LogP contribution in [0.25, 0.3) is 0 Å². The largest absolute Gasteiger partial charge is 0.373 e. The summed E-state index contributed by atoms with van der Waals surface area (Å²) < 4.78 is 0. The number of rotatable bonds is 4. The van der Waals surface area contributed by atoms with Crippen LogP contribution >= 0.6 is 0 Å². The minimum absolute atomic E-state index is 0.542. The van der Waals surface area contributed by atoms with Crippen molar-refractivity contribution >= 4 is 17.3 Å². The molecule has 1 aromatic carbocycles. The molecular formula is C16H20N4. The van der Waals surface area contributed by atoms with Gasteiger partial charge in [-0.3, -0.25) is 0 Å². The number of hydrogen-bond acceptors (Lipinski definition) is 4. The van der Waals surface area contributed by atoms with Crippen molar-refractivity contribution in [2.24, 2.45) is 0 Å². The van der Waals surface area contributed by atoms with Crippen molar-refractivity contribution in [3.05, 3.63) is 41.2 Å². The maximum atomic E-state index is 4.72. The van der Waals surface area contributed by atoms with E-state index in [-0.39, 0.29) is 0 Å². The summed E-state index contributed by atoms with van der Waals surface area (Å²) in [4.78, 5) is 9.33. The van der Waals surface area contributed by atoms with Gasteiger partial charge < -0.3 is 10.6 Å². The zero-order valence-electron chi connectivity index (χ0n) is 12.2. The van der Waals surface area contributed by atoms with E-state index in [9.17, 15) is 0 Å². The van der Waals surface area contributed by atoms with E-state index in [0.29, 0.717) is 5.92 Å². The molecule has 3 rings (SSSR count). The molecule has 1 aliphatic rings. The summed E-state index contributed by atoms with van der Waals surface area (Å²) in [7, 11) is 1.91. The fraction of sp³-hybridized carbons (Fsp3) is 0.375. The maximum Gasteiger partial charge on any atom is 0.139 e. The number of aromatic nitrogens is 2. The lowest BCUT2D eigenvalue weighted by Crippen LogP contribution is -2.07. The topological polar surface area (TPSA) is 49.8 Å². The van der Waals surface area contributed by atoms with Gasteiger partial charge in [-0.05, 0) is 38.3 Å². The van der Waals surface area contributed by atoms with Crippen molar-refractivity contribution in [2.45, 2.75) is 32.6 Å². The van der Waals surface area contributed by atoms with Crippen LogP contribution in [0.3, 0.4) is 0 Å². The number of nitrogens with one attached hydrogen (secondary N) is 2. The molecule has 0 unspecified atom stereocenters. The molecule has 4 heteroatoms. The van der Waals surface area contributed by atoms with E-state index in [1.807, 2.05) is 26.1 Å². The van der Waals surface area contributed by atoms with Crippen molar-refractivity contribution in [3.63, 3.8) is 0 Å². The van der Waals surface area contributed by atoms with Gasteiger partial charge >= 0.3 is 0 Å². The van der Waals surface area contributed by atoms with Gasteiger partial charge in [-0.2, -0.15) is 0 Å². The quantitative estimate of drug-likeness (QED) is 0.886. The third kappa shape index (κ3) is 2.46. The third-order valence-electron chi connectivity index (χ3n) is 3.74. The van der Waals surface area contributed by atoms with Gasteiger partial charge in [0.1, 0.15) is 17.5 Å². The van der Waals surface area contributed by atoms with Crippen molar-refractivity contribution in [1.29, 1.82) is 0 Å². The van der Waals surface area contributed by atoms with E-state index in [0.717, 1.165) is 28.7 Å². The van der Waals surface area contributed by atoms with Crippen LogP contribution in [-0.4, -0.2) is 17.0 Å². The predicted octanol–water partition coefficient (Wildman–Crippen LogP) is 3.76. The predicted molar refractivity (Wildman–Crippen MR) is 82.8 cm³/mol. The summed E-state index contributed by atoms with van der Waals surface area (Å²) in [6.45, 7) is 4.14. The lowest BCUT2D eigenvalue weighted by atomic mass is 10.2. The second kappa shape index (κ2) is 5.12. The Bertz CT molecular complexity index is 632. The standard InChI is InChI=1S/C16H20N4/c1-10-6-4-5-7-13(10)18-15-11(2)14(17-3)19-16(20-15)12-8-9-12/h4-7,12H,8-9H2,1-3H3,(H2,17,18,19,20). The zero-order valence-corrected chi connectivity index (χ0v) is 12.2. The van der Waals surface area contributed by atoms with Crippen LogP contribution in [0.5, 0.6) is 0 Å². The number of para-hydroxylation sites is 1. The van der Waals surface area contributed by atoms with Crippen LogP contribution in [0.2, 0.25) is 0 Å². The normalized spacial score (nSPS) is 14.2. The van der Waals surface area contributed by atoms with E-state index < -0.39 is 0 Å². The van der Waals surface area contributed by atoms with E-state index in [1.165, 1.54) is 18.4 Å². The molecule has 1 saturated carbocycles. The third-order valence-corrected chi connectivity index (χ3v) is 3.74. The molecule has 0 radical (unpaired) electrons. The smallest absolute Gasteiger partial charge is 0.139 e.